The van der Waals surface area contributed by atoms with Gasteiger partial charge >= 0.3 is 0 Å². The molecule has 1 heterocycles. The summed E-state index contributed by atoms with van der Waals surface area (Å²) in [6, 6.07) is 0.156. The molecule has 1 aliphatic heterocycles. The fourth-order valence-corrected chi connectivity index (χ4v) is 3.50. The molecule has 0 amide bonds. The molecule has 1 saturated heterocycles. The molecular formula is C23H40BrNO3. The number of aliphatic hydroxyl groups is 1. The van der Waals surface area contributed by atoms with Crippen LogP contribution in [0.5, 0.6) is 0 Å². The zero-order chi connectivity index (χ0) is 21.4. The minimum atomic E-state index is -0.640. The lowest BCUT2D eigenvalue weighted by Gasteiger charge is -2.48. The molecule has 162 valence electrons. The van der Waals surface area contributed by atoms with Gasteiger partial charge in [-0.15, -0.1) is 0 Å². The minimum Gasteiger partial charge on any atom is -0.390 e. The van der Waals surface area contributed by atoms with Crippen molar-refractivity contribution in [2.45, 2.75) is 84.2 Å². The summed E-state index contributed by atoms with van der Waals surface area (Å²) in [6.07, 6.45) is 7.52. The van der Waals surface area contributed by atoms with E-state index in [1.54, 1.807) is 0 Å². The summed E-state index contributed by atoms with van der Waals surface area (Å²) in [4.78, 5) is 0. The van der Waals surface area contributed by atoms with Gasteiger partial charge in [0.05, 0.1) is 18.8 Å². The second kappa shape index (κ2) is 11.1. The van der Waals surface area contributed by atoms with Gasteiger partial charge in [-0.05, 0) is 44.4 Å². The molecule has 0 bridgehead atoms. The van der Waals surface area contributed by atoms with Crippen LogP contribution in [0.1, 0.15) is 66.7 Å². The highest BCUT2D eigenvalue weighted by molar-refractivity contribution is 9.11. The Morgan fingerprint density at radius 3 is 2.14 bits per heavy atom. The number of halogens is 1. The van der Waals surface area contributed by atoms with E-state index >= 15 is 0 Å². The molecular weight excluding hydrogens is 418 g/mol. The van der Waals surface area contributed by atoms with Gasteiger partial charge in [-0.25, -0.2) is 0 Å². The third-order valence-corrected chi connectivity index (χ3v) is 5.73. The first kappa shape index (κ1) is 25.6. The Morgan fingerprint density at radius 1 is 1.11 bits per heavy atom. The zero-order valence-corrected chi connectivity index (χ0v) is 20.0. The van der Waals surface area contributed by atoms with Crippen molar-refractivity contribution in [3.63, 3.8) is 0 Å². The second-order valence-corrected chi connectivity index (χ2v) is 9.68. The second-order valence-electron chi connectivity index (χ2n) is 8.66. The minimum absolute atomic E-state index is 0.0804. The van der Waals surface area contributed by atoms with Crippen LogP contribution in [-0.4, -0.2) is 42.3 Å². The lowest BCUT2D eigenvalue weighted by molar-refractivity contribution is -0.319. The summed E-state index contributed by atoms with van der Waals surface area (Å²) in [5.41, 5.74) is 0.433. The van der Waals surface area contributed by atoms with Crippen LogP contribution in [0.15, 0.2) is 35.4 Å². The summed E-state index contributed by atoms with van der Waals surface area (Å²) in [7, 11) is 0. The molecule has 0 aromatic heterocycles. The van der Waals surface area contributed by atoms with Crippen molar-refractivity contribution >= 4 is 15.9 Å². The van der Waals surface area contributed by atoms with E-state index in [1.807, 2.05) is 26.0 Å². The van der Waals surface area contributed by atoms with Gasteiger partial charge in [0.1, 0.15) is 0 Å². The van der Waals surface area contributed by atoms with Crippen molar-refractivity contribution in [2.75, 3.05) is 19.8 Å². The lowest BCUT2D eigenvalue weighted by atomic mass is 9.78. The first-order valence-electron chi connectivity index (χ1n) is 10.5. The van der Waals surface area contributed by atoms with E-state index in [4.69, 9.17) is 9.47 Å². The first-order valence-corrected chi connectivity index (χ1v) is 11.3. The smallest absolute Gasteiger partial charge is 0.168 e. The first-order chi connectivity index (χ1) is 13.0. The summed E-state index contributed by atoms with van der Waals surface area (Å²) >= 11 is 3.30. The van der Waals surface area contributed by atoms with Gasteiger partial charge in [0, 0.05) is 28.8 Å². The van der Waals surface area contributed by atoms with E-state index in [2.05, 4.69) is 55.2 Å². The van der Waals surface area contributed by atoms with Crippen molar-refractivity contribution in [2.24, 2.45) is 5.41 Å². The predicted octanol–water partition coefficient (Wildman–Crippen LogP) is 5.48. The third-order valence-electron chi connectivity index (χ3n) is 5.47. The number of hydrogen-bond acceptors (Lipinski definition) is 4. The van der Waals surface area contributed by atoms with Crippen LogP contribution < -0.4 is 5.32 Å². The maximum absolute atomic E-state index is 10.9. The Kier molecular flexibility index (Phi) is 10.1. The highest BCUT2D eigenvalue weighted by atomic mass is 79.9. The summed E-state index contributed by atoms with van der Waals surface area (Å²) in [5, 5.41) is 14.4. The van der Waals surface area contributed by atoms with Crippen molar-refractivity contribution < 1.29 is 14.6 Å². The molecule has 2 rings (SSSR count). The monoisotopic (exact) mass is 457 g/mol. The highest BCUT2D eigenvalue weighted by Gasteiger charge is 2.46. The van der Waals surface area contributed by atoms with Gasteiger partial charge in [-0.2, -0.15) is 0 Å². The van der Waals surface area contributed by atoms with Crippen LogP contribution in [0.2, 0.25) is 0 Å². The van der Waals surface area contributed by atoms with Crippen molar-refractivity contribution in [1.82, 2.24) is 5.32 Å². The van der Waals surface area contributed by atoms with Crippen LogP contribution in [0.25, 0.3) is 0 Å². The fourth-order valence-electron chi connectivity index (χ4n) is 3.37. The molecule has 5 heteroatoms. The van der Waals surface area contributed by atoms with E-state index < -0.39 is 11.4 Å². The molecule has 0 radical (unpaired) electrons. The molecule has 0 aromatic carbocycles. The molecule has 0 aromatic rings. The van der Waals surface area contributed by atoms with Crippen LogP contribution in [0.4, 0.5) is 0 Å². The Hall–Kier alpha value is -0.460. The highest BCUT2D eigenvalue weighted by Crippen LogP contribution is 2.43. The van der Waals surface area contributed by atoms with Crippen LogP contribution >= 0.6 is 15.9 Å². The Morgan fingerprint density at radius 2 is 1.64 bits per heavy atom. The van der Waals surface area contributed by atoms with Crippen LogP contribution in [-0.2, 0) is 9.47 Å². The van der Waals surface area contributed by atoms with Crippen molar-refractivity contribution in [3.8, 4) is 0 Å². The third kappa shape index (κ3) is 8.11. The van der Waals surface area contributed by atoms with E-state index in [-0.39, 0.29) is 11.5 Å². The Bertz CT molecular complexity index is 536. The standard InChI is InChI=1S/C21H34BrNO3.C2H6/c1-16(6-7-17(2)22)18(3)23-13-12-20(24)8-10-21(11-9-20)25-14-19(4,5)15-26-21;1-2/h6-7,18,23-24H,1-2,8-15H2,3-5H3;1-2H3/b7-6-;/t18-;/m0./s1. The summed E-state index contributed by atoms with van der Waals surface area (Å²) in [5.74, 6) is -0.473. The van der Waals surface area contributed by atoms with Gasteiger partial charge in [0.15, 0.2) is 5.79 Å². The normalized spacial score (nSPS) is 23.7. The summed E-state index contributed by atoms with van der Waals surface area (Å²) in [6.45, 7) is 20.4. The van der Waals surface area contributed by atoms with Gasteiger partial charge < -0.3 is 19.9 Å². The molecule has 1 spiro atoms. The van der Waals surface area contributed by atoms with E-state index in [0.717, 1.165) is 49.1 Å². The molecule has 4 nitrogen and oxygen atoms in total. The van der Waals surface area contributed by atoms with Crippen LogP contribution in [0, 0.1) is 5.41 Å². The number of allylic oxidation sites excluding steroid dienone is 2. The van der Waals surface area contributed by atoms with Crippen LogP contribution in [0.3, 0.4) is 0 Å². The quantitative estimate of drug-likeness (QED) is 0.497. The molecule has 1 atom stereocenters. The Labute approximate surface area is 180 Å². The van der Waals surface area contributed by atoms with Crippen molar-refractivity contribution in [1.29, 1.82) is 0 Å². The SMILES string of the molecule is C=C(Br)/C=C\C(=C)[C@H](C)NCCC1(O)CCC2(CC1)OCC(C)(C)CO2.CC. The van der Waals surface area contributed by atoms with E-state index in [9.17, 15) is 5.11 Å². The van der Waals surface area contributed by atoms with Gasteiger partial charge in [-0.3, -0.25) is 0 Å². The Balaban J connectivity index is 0.00000190. The topological polar surface area (TPSA) is 50.7 Å². The predicted molar refractivity (Wildman–Crippen MR) is 122 cm³/mol. The van der Waals surface area contributed by atoms with Gasteiger partial charge in [0.25, 0.3) is 0 Å². The maximum Gasteiger partial charge on any atom is 0.168 e. The molecule has 2 fully saturated rings. The largest absolute Gasteiger partial charge is 0.390 e. The van der Waals surface area contributed by atoms with E-state index in [0.29, 0.717) is 12.8 Å². The number of hydrogen-bond donors (Lipinski definition) is 2. The molecule has 2 aliphatic rings. The molecule has 0 unspecified atom stereocenters. The van der Waals surface area contributed by atoms with E-state index in [1.165, 1.54) is 0 Å². The fraction of sp³-hybridized carbons (Fsp3) is 0.739. The lowest BCUT2D eigenvalue weighted by Crippen LogP contribution is -2.52. The molecule has 1 aliphatic carbocycles. The van der Waals surface area contributed by atoms with Gasteiger partial charge in [0.2, 0.25) is 0 Å². The average Bonchev–Trinajstić information content (AvgIpc) is 2.66. The number of rotatable bonds is 7. The zero-order valence-electron chi connectivity index (χ0n) is 18.4. The summed E-state index contributed by atoms with van der Waals surface area (Å²) < 4.78 is 12.9. The molecule has 1 saturated carbocycles. The number of ether oxygens (including phenoxy) is 2. The average molecular weight is 458 g/mol. The van der Waals surface area contributed by atoms with Gasteiger partial charge in [-0.1, -0.05) is 62.9 Å². The van der Waals surface area contributed by atoms with Crippen molar-refractivity contribution in [3.05, 3.63) is 35.4 Å². The molecule has 2 N–H and O–H groups in total. The molecule has 28 heavy (non-hydrogen) atoms. The number of nitrogens with one attached hydrogen (secondary N) is 1. The maximum atomic E-state index is 10.9.